The van der Waals surface area contributed by atoms with Crippen LogP contribution in [-0.4, -0.2) is 35.1 Å². The third-order valence-corrected chi connectivity index (χ3v) is 2.03. The van der Waals surface area contributed by atoms with Gasteiger partial charge in [0.05, 0.1) is 6.10 Å². The van der Waals surface area contributed by atoms with Crippen LogP contribution in [0.4, 0.5) is 4.39 Å². The van der Waals surface area contributed by atoms with Gasteiger partial charge in [0, 0.05) is 18.6 Å². The molecular formula is C6H12FNO2. The quantitative estimate of drug-likeness (QED) is 0.449. The van der Waals surface area contributed by atoms with Gasteiger partial charge in [-0.15, -0.1) is 0 Å². The van der Waals surface area contributed by atoms with Gasteiger partial charge in [-0.3, -0.25) is 0 Å². The Bertz CT molecular complexity index is 122. The Hall–Kier alpha value is -0.190. The number of alkyl halides is 1. The maximum absolute atomic E-state index is 12.7. The van der Waals surface area contributed by atoms with Crippen LogP contribution in [0.2, 0.25) is 0 Å². The van der Waals surface area contributed by atoms with E-state index in [1.54, 1.807) is 0 Å². The van der Waals surface area contributed by atoms with Crippen LogP contribution in [0.25, 0.3) is 0 Å². The van der Waals surface area contributed by atoms with Gasteiger partial charge in [-0.05, 0) is 6.42 Å². The first-order valence-electron chi connectivity index (χ1n) is 3.35. The Balaban J connectivity index is 2.53. The van der Waals surface area contributed by atoms with Crippen molar-refractivity contribution in [3.05, 3.63) is 0 Å². The van der Waals surface area contributed by atoms with Crippen molar-refractivity contribution in [2.45, 2.75) is 24.7 Å². The molecule has 0 amide bonds. The number of hydrogen-bond acceptors (Lipinski definition) is 3. The fourth-order valence-corrected chi connectivity index (χ4v) is 1.31. The van der Waals surface area contributed by atoms with Crippen molar-refractivity contribution in [2.24, 2.45) is 11.7 Å². The Morgan fingerprint density at radius 1 is 1.60 bits per heavy atom. The van der Waals surface area contributed by atoms with Gasteiger partial charge >= 0.3 is 0 Å². The molecule has 1 rings (SSSR count). The lowest BCUT2D eigenvalue weighted by Crippen LogP contribution is -2.32. The summed E-state index contributed by atoms with van der Waals surface area (Å²) in [5.41, 5.74) is 5.29. The fourth-order valence-electron chi connectivity index (χ4n) is 1.31. The lowest BCUT2D eigenvalue weighted by Gasteiger charge is -2.11. The second-order valence-electron chi connectivity index (χ2n) is 2.78. The molecule has 0 aromatic carbocycles. The van der Waals surface area contributed by atoms with Crippen LogP contribution in [0.15, 0.2) is 0 Å². The lowest BCUT2D eigenvalue weighted by atomic mass is 10.1. The minimum absolute atomic E-state index is 0.185. The van der Waals surface area contributed by atoms with Crippen molar-refractivity contribution in [3.8, 4) is 0 Å². The molecule has 0 bridgehead atoms. The van der Waals surface area contributed by atoms with Gasteiger partial charge in [0.15, 0.2) is 0 Å². The van der Waals surface area contributed by atoms with Crippen LogP contribution >= 0.6 is 0 Å². The summed E-state index contributed by atoms with van der Waals surface area (Å²) in [6, 6.07) is -0.604. The number of aliphatic hydroxyl groups excluding tert-OH is 2. The normalized spacial score (nSPS) is 48.0. The molecule has 1 aliphatic rings. The van der Waals surface area contributed by atoms with Crippen LogP contribution in [0.3, 0.4) is 0 Å². The molecule has 0 aromatic heterocycles. The highest BCUT2D eigenvalue weighted by Crippen LogP contribution is 2.26. The van der Waals surface area contributed by atoms with Crippen LogP contribution in [-0.2, 0) is 0 Å². The van der Waals surface area contributed by atoms with E-state index in [9.17, 15) is 4.39 Å². The molecule has 0 aromatic rings. The van der Waals surface area contributed by atoms with E-state index in [0.717, 1.165) is 0 Å². The van der Waals surface area contributed by atoms with Crippen molar-refractivity contribution in [1.29, 1.82) is 0 Å². The van der Waals surface area contributed by atoms with Gasteiger partial charge in [-0.25, -0.2) is 4.39 Å². The maximum Gasteiger partial charge on any atom is 0.141 e. The van der Waals surface area contributed by atoms with Crippen LogP contribution in [0, 0.1) is 5.92 Å². The number of nitrogens with two attached hydrogens (primary N) is 1. The summed E-state index contributed by atoms with van der Waals surface area (Å²) in [6.07, 6.45) is -2.06. The summed E-state index contributed by atoms with van der Waals surface area (Å²) < 4.78 is 12.7. The second kappa shape index (κ2) is 2.82. The van der Waals surface area contributed by atoms with E-state index in [0.29, 0.717) is 6.42 Å². The van der Waals surface area contributed by atoms with E-state index in [-0.39, 0.29) is 12.5 Å². The molecule has 3 nitrogen and oxygen atoms in total. The predicted octanol–water partition coefficient (Wildman–Crippen LogP) is -0.975. The Kier molecular flexibility index (Phi) is 2.23. The highest BCUT2D eigenvalue weighted by Gasteiger charge is 2.40. The summed E-state index contributed by atoms with van der Waals surface area (Å²) in [5.74, 6) is -0.370. The summed E-state index contributed by atoms with van der Waals surface area (Å²) >= 11 is 0. The Morgan fingerprint density at radius 2 is 2.20 bits per heavy atom. The minimum Gasteiger partial charge on any atom is -0.396 e. The molecule has 1 fully saturated rings. The third-order valence-electron chi connectivity index (χ3n) is 2.03. The molecule has 60 valence electrons. The molecule has 0 radical (unpaired) electrons. The molecule has 10 heavy (non-hydrogen) atoms. The first-order valence-corrected chi connectivity index (χ1v) is 3.35. The van der Waals surface area contributed by atoms with Gasteiger partial charge in [0.1, 0.15) is 6.17 Å². The van der Waals surface area contributed by atoms with Gasteiger partial charge in [0.2, 0.25) is 0 Å². The average Bonchev–Trinajstić information content (AvgIpc) is 2.17. The van der Waals surface area contributed by atoms with Crippen molar-refractivity contribution in [2.75, 3.05) is 6.61 Å². The standard InChI is InChI=1S/C6H12FNO2/c7-5-4(8)1-3(2-9)6(5)10/h3-6,9-10H,1-2,8H2/t3-,4-,5+,6+/m1/s1. The summed E-state index contributed by atoms with van der Waals surface area (Å²) in [7, 11) is 0. The van der Waals surface area contributed by atoms with Gasteiger partial charge in [-0.2, -0.15) is 0 Å². The summed E-state index contributed by atoms with van der Waals surface area (Å²) in [6.45, 7) is -0.185. The zero-order valence-corrected chi connectivity index (χ0v) is 5.57. The largest absolute Gasteiger partial charge is 0.396 e. The van der Waals surface area contributed by atoms with E-state index in [1.807, 2.05) is 0 Å². The molecule has 4 atom stereocenters. The molecule has 1 saturated carbocycles. The van der Waals surface area contributed by atoms with E-state index in [4.69, 9.17) is 15.9 Å². The molecule has 0 unspecified atom stereocenters. The molecule has 0 aliphatic heterocycles. The summed E-state index contributed by atoms with van der Waals surface area (Å²) in [4.78, 5) is 0. The topological polar surface area (TPSA) is 66.5 Å². The van der Waals surface area contributed by atoms with E-state index < -0.39 is 18.3 Å². The van der Waals surface area contributed by atoms with E-state index in [1.165, 1.54) is 0 Å². The molecule has 4 heteroatoms. The summed E-state index contributed by atoms with van der Waals surface area (Å²) in [5, 5.41) is 17.6. The number of hydrogen-bond donors (Lipinski definition) is 3. The van der Waals surface area contributed by atoms with Crippen molar-refractivity contribution >= 4 is 0 Å². The highest BCUT2D eigenvalue weighted by molar-refractivity contribution is 4.93. The van der Waals surface area contributed by atoms with Gasteiger partial charge in [0.25, 0.3) is 0 Å². The first-order chi connectivity index (χ1) is 4.66. The smallest absolute Gasteiger partial charge is 0.141 e. The third kappa shape index (κ3) is 1.14. The Morgan fingerprint density at radius 3 is 2.40 bits per heavy atom. The SMILES string of the molecule is N[C@@H]1C[C@H](CO)[C@H](O)[C@H]1F. The lowest BCUT2D eigenvalue weighted by molar-refractivity contribution is 0.0436. The maximum atomic E-state index is 12.7. The van der Waals surface area contributed by atoms with Crippen molar-refractivity contribution in [1.82, 2.24) is 0 Å². The molecule has 1 aliphatic carbocycles. The van der Waals surface area contributed by atoms with Crippen LogP contribution in [0.1, 0.15) is 6.42 Å². The van der Waals surface area contributed by atoms with E-state index >= 15 is 0 Å². The Labute approximate surface area is 58.7 Å². The minimum atomic E-state index is -1.36. The average molecular weight is 149 g/mol. The molecule has 0 saturated heterocycles. The predicted molar refractivity (Wildman–Crippen MR) is 34.1 cm³/mol. The molecule has 0 spiro atoms. The molecule has 4 N–H and O–H groups in total. The first kappa shape index (κ1) is 7.91. The van der Waals surface area contributed by atoms with E-state index in [2.05, 4.69) is 0 Å². The van der Waals surface area contributed by atoms with Gasteiger partial charge < -0.3 is 15.9 Å². The molecule has 0 heterocycles. The number of halogens is 1. The zero-order valence-electron chi connectivity index (χ0n) is 5.57. The number of aliphatic hydroxyl groups is 2. The fraction of sp³-hybridized carbons (Fsp3) is 1.00. The van der Waals surface area contributed by atoms with Crippen LogP contribution in [0.5, 0.6) is 0 Å². The van der Waals surface area contributed by atoms with Crippen molar-refractivity contribution < 1.29 is 14.6 Å². The highest BCUT2D eigenvalue weighted by atomic mass is 19.1. The monoisotopic (exact) mass is 149 g/mol. The zero-order chi connectivity index (χ0) is 7.72. The van der Waals surface area contributed by atoms with Gasteiger partial charge in [-0.1, -0.05) is 0 Å². The molecular weight excluding hydrogens is 137 g/mol. The van der Waals surface area contributed by atoms with Crippen molar-refractivity contribution in [3.63, 3.8) is 0 Å². The van der Waals surface area contributed by atoms with Crippen LogP contribution < -0.4 is 5.73 Å². The second-order valence-corrected chi connectivity index (χ2v) is 2.78. The number of rotatable bonds is 1.